The van der Waals surface area contributed by atoms with Crippen molar-refractivity contribution in [1.82, 2.24) is 0 Å². The Bertz CT molecular complexity index is 369. The van der Waals surface area contributed by atoms with Crippen LogP contribution in [0.5, 0.6) is 5.75 Å². The molecule has 0 aliphatic heterocycles. The molecule has 0 aromatic heterocycles. The molecule has 7 nitrogen and oxygen atoms in total. The molecule has 0 saturated heterocycles. The molecule has 1 aromatic rings. The second-order valence-electron chi connectivity index (χ2n) is 2.97. The van der Waals surface area contributed by atoms with Gasteiger partial charge in [0.1, 0.15) is 5.75 Å². The quantitative estimate of drug-likeness (QED) is 0.436. The molecule has 94 valence electrons. The first kappa shape index (κ1) is 13.6. The minimum absolute atomic E-state index is 0.0168. The number of nitro benzene ring substituents is 1. The fourth-order valence-electron chi connectivity index (χ4n) is 1.16. The first-order valence-corrected chi connectivity index (χ1v) is 6.29. The largest absolute Gasteiger partial charge is 0.748 e. The van der Waals surface area contributed by atoms with Gasteiger partial charge in [-0.2, -0.15) is 0 Å². The monoisotopic (exact) mass is 259 g/mol. The smallest absolute Gasteiger partial charge is 0.480 e. The predicted octanol–water partition coefficient (Wildman–Crippen LogP) is 1.35. The van der Waals surface area contributed by atoms with E-state index in [4.69, 9.17) is 17.7 Å². The average molecular weight is 259 g/mol. The summed E-state index contributed by atoms with van der Waals surface area (Å²) in [6.07, 6.45) is 0. The van der Waals surface area contributed by atoms with Gasteiger partial charge in [-0.1, -0.05) is 0 Å². The van der Waals surface area contributed by atoms with Crippen molar-refractivity contribution in [3.05, 3.63) is 34.4 Å². The lowest BCUT2D eigenvalue weighted by atomic mass is 10.3. The lowest BCUT2D eigenvalue weighted by molar-refractivity contribution is -0.384. The number of hydrogen-bond acceptors (Lipinski definition) is 6. The van der Waals surface area contributed by atoms with Crippen LogP contribution in [0.2, 0.25) is 0 Å². The van der Waals surface area contributed by atoms with Crippen LogP contribution in [0.3, 0.4) is 0 Å². The summed E-state index contributed by atoms with van der Waals surface area (Å²) in [5.41, 5.74) is -0.0168. The predicted molar refractivity (Wildman–Crippen MR) is 60.5 cm³/mol. The van der Waals surface area contributed by atoms with E-state index in [1.165, 1.54) is 45.6 Å². The summed E-state index contributed by atoms with van der Waals surface area (Å²) in [7, 11) is 1.05. The maximum absolute atomic E-state index is 10.5. The zero-order valence-electron chi connectivity index (χ0n) is 9.71. The van der Waals surface area contributed by atoms with Crippen LogP contribution in [0.15, 0.2) is 24.3 Å². The van der Waals surface area contributed by atoms with Gasteiger partial charge in [0.15, 0.2) is 0 Å². The van der Waals surface area contributed by atoms with E-state index in [0.717, 1.165) is 0 Å². The molecule has 0 radical (unpaired) electrons. The summed E-state index contributed by atoms with van der Waals surface area (Å²) in [5, 5.41) is 10.5. The van der Waals surface area contributed by atoms with Crippen molar-refractivity contribution in [3.63, 3.8) is 0 Å². The summed E-state index contributed by atoms with van der Waals surface area (Å²) in [6, 6.07) is 5.57. The maximum Gasteiger partial charge on any atom is 0.748 e. The zero-order valence-corrected chi connectivity index (χ0v) is 10.7. The van der Waals surface area contributed by atoms with Gasteiger partial charge in [-0.25, -0.2) is 0 Å². The SMILES string of the molecule is CO[Si](OC)(OC)Oc1ccc([N+](=O)[O-])cc1. The molecule has 0 spiro atoms. The highest BCUT2D eigenvalue weighted by Crippen LogP contribution is 2.21. The fourth-order valence-corrected chi connectivity index (χ4v) is 2.33. The molecule has 0 unspecified atom stereocenters. The lowest BCUT2D eigenvalue weighted by Crippen LogP contribution is -2.49. The lowest BCUT2D eigenvalue weighted by Gasteiger charge is -2.23. The number of nitro groups is 1. The minimum Gasteiger partial charge on any atom is -0.480 e. The van der Waals surface area contributed by atoms with Gasteiger partial charge < -0.3 is 17.7 Å². The van der Waals surface area contributed by atoms with Crippen LogP contribution in [-0.4, -0.2) is 35.3 Å². The Labute approximate surface area is 99.5 Å². The fraction of sp³-hybridized carbons (Fsp3) is 0.333. The van der Waals surface area contributed by atoms with Gasteiger partial charge >= 0.3 is 9.05 Å². The Kier molecular flexibility index (Phi) is 4.58. The van der Waals surface area contributed by atoms with Gasteiger partial charge in [-0.05, 0) is 12.1 Å². The van der Waals surface area contributed by atoms with Crippen LogP contribution < -0.4 is 4.43 Å². The van der Waals surface area contributed by atoms with E-state index in [9.17, 15) is 10.1 Å². The Balaban J connectivity index is 2.84. The Hall–Kier alpha value is -1.48. The standard InChI is InChI=1S/C9H13NO6Si/c1-13-17(14-2,15-3)16-9-6-4-8(5-7-9)10(11)12/h4-7H,1-3H3. The summed E-state index contributed by atoms with van der Waals surface area (Å²) in [6.45, 7) is 0. The van der Waals surface area contributed by atoms with Crippen LogP contribution in [0.4, 0.5) is 5.69 Å². The molecule has 0 amide bonds. The van der Waals surface area contributed by atoms with Gasteiger partial charge in [0.2, 0.25) is 0 Å². The van der Waals surface area contributed by atoms with Crippen molar-refractivity contribution in [1.29, 1.82) is 0 Å². The second kappa shape index (κ2) is 5.73. The number of nitrogens with zero attached hydrogens (tertiary/aromatic N) is 1. The third-order valence-electron chi connectivity index (χ3n) is 2.04. The molecule has 0 heterocycles. The molecule has 0 atom stereocenters. The van der Waals surface area contributed by atoms with E-state index < -0.39 is 14.0 Å². The molecule has 1 aromatic carbocycles. The minimum atomic E-state index is -3.17. The van der Waals surface area contributed by atoms with Crippen molar-refractivity contribution in [2.45, 2.75) is 0 Å². The first-order chi connectivity index (χ1) is 8.06. The van der Waals surface area contributed by atoms with Crippen molar-refractivity contribution >= 4 is 14.7 Å². The molecular weight excluding hydrogens is 246 g/mol. The number of rotatable bonds is 6. The van der Waals surface area contributed by atoms with E-state index in [1.54, 1.807) is 0 Å². The Morgan fingerprint density at radius 2 is 1.53 bits per heavy atom. The van der Waals surface area contributed by atoms with Crippen LogP contribution in [0, 0.1) is 10.1 Å². The summed E-state index contributed by atoms with van der Waals surface area (Å²) in [4.78, 5) is 9.98. The third kappa shape index (κ3) is 3.23. The normalized spacial score (nSPS) is 11.2. The van der Waals surface area contributed by atoms with E-state index in [2.05, 4.69) is 0 Å². The van der Waals surface area contributed by atoms with Gasteiger partial charge in [0.05, 0.1) is 4.92 Å². The van der Waals surface area contributed by atoms with E-state index in [0.29, 0.717) is 5.75 Å². The topological polar surface area (TPSA) is 80.1 Å². The Morgan fingerprint density at radius 1 is 1.06 bits per heavy atom. The second-order valence-corrected chi connectivity index (χ2v) is 5.39. The van der Waals surface area contributed by atoms with Crippen molar-refractivity contribution < 1.29 is 22.6 Å². The molecule has 0 aliphatic rings. The highest BCUT2D eigenvalue weighted by atomic mass is 28.4. The maximum atomic E-state index is 10.5. The van der Waals surface area contributed by atoms with Crippen molar-refractivity contribution in [2.75, 3.05) is 21.3 Å². The van der Waals surface area contributed by atoms with E-state index in [-0.39, 0.29) is 5.69 Å². The summed E-state index contributed by atoms with van der Waals surface area (Å²) in [5.74, 6) is 0.382. The number of hydrogen-bond donors (Lipinski definition) is 0. The molecular formula is C9H13NO6Si. The van der Waals surface area contributed by atoms with Crippen LogP contribution in [-0.2, 0) is 13.3 Å². The highest BCUT2D eigenvalue weighted by molar-refractivity contribution is 6.54. The number of benzene rings is 1. The molecule has 8 heteroatoms. The van der Waals surface area contributed by atoms with E-state index >= 15 is 0 Å². The van der Waals surface area contributed by atoms with Crippen LogP contribution in [0.1, 0.15) is 0 Å². The van der Waals surface area contributed by atoms with E-state index in [1.807, 2.05) is 0 Å². The summed E-state index contributed by atoms with van der Waals surface area (Å²) < 4.78 is 20.6. The van der Waals surface area contributed by atoms with Crippen LogP contribution in [0.25, 0.3) is 0 Å². The average Bonchev–Trinajstić information content (AvgIpc) is 2.37. The summed E-state index contributed by atoms with van der Waals surface area (Å²) >= 11 is 0. The first-order valence-electron chi connectivity index (χ1n) is 4.66. The molecule has 0 bridgehead atoms. The highest BCUT2D eigenvalue weighted by Gasteiger charge is 2.45. The van der Waals surface area contributed by atoms with Gasteiger partial charge in [-0.15, -0.1) is 0 Å². The molecule has 1 rings (SSSR count). The van der Waals surface area contributed by atoms with Crippen LogP contribution >= 0.6 is 0 Å². The zero-order chi connectivity index (χ0) is 12.9. The molecule has 0 aliphatic carbocycles. The van der Waals surface area contributed by atoms with Crippen molar-refractivity contribution in [2.24, 2.45) is 0 Å². The number of non-ortho nitro benzene ring substituents is 1. The Morgan fingerprint density at radius 3 is 1.88 bits per heavy atom. The van der Waals surface area contributed by atoms with Gasteiger partial charge in [0.25, 0.3) is 5.69 Å². The molecule has 0 fully saturated rings. The van der Waals surface area contributed by atoms with Crippen molar-refractivity contribution in [3.8, 4) is 5.75 Å². The molecule has 17 heavy (non-hydrogen) atoms. The molecule has 0 N–H and O–H groups in total. The van der Waals surface area contributed by atoms with Gasteiger partial charge in [-0.3, -0.25) is 10.1 Å². The van der Waals surface area contributed by atoms with Gasteiger partial charge in [0, 0.05) is 33.5 Å². The third-order valence-corrected chi connectivity index (χ3v) is 4.03. The molecule has 0 saturated carbocycles.